The van der Waals surface area contributed by atoms with Crippen molar-refractivity contribution >= 4 is 6.03 Å². The number of nitrogens with one attached hydrogen (secondary N) is 2. The highest BCUT2D eigenvalue weighted by Crippen LogP contribution is 2.16. The fourth-order valence-corrected chi connectivity index (χ4v) is 1.79. The van der Waals surface area contributed by atoms with E-state index >= 15 is 0 Å². The smallest absolute Gasteiger partial charge is 0.315 e. The zero-order valence-electron chi connectivity index (χ0n) is 8.72. The van der Waals surface area contributed by atoms with E-state index in [2.05, 4.69) is 10.6 Å². The van der Waals surface area contributed by atoms with E-state index in [0.29, 0.717) is 19.1 Å². The van der Waals surface area contributed by atoms with Crippen LogP contribution in [-0.4, -0.2) is 25.2 Å². The standard InChI is InChI=1S/C10H21N3O/c11-7-4-8-12-10(14)13-9-5-2-1-3-6-9/h9H,1-8,11H2,(H2,12,13,14). The number of hydrogen-bond acceptors (Lipinski definition) is 2. The summed E-state index contributed by atoms with van der Waals surface area (Å²) in [5.74, 6) is 0. The summed E-state index contributed by atoms with van der Waals surface area (Å²) >= 11 is 0. The average Bonchev–Trinajstić information content (AvgIpc) is 2.20. The van der Waals surface area contributed by atoms with Crippen LogP contribution in [-0.2, 0) is 0 Å². The lowest BCUT2D eigenvalue weighted by Gasteiger charge is -2.22. The van der Waals surface area contributed by atoms with Crippen LogP contribution in [0, 0.1) is 0 Å². The molecule has 0 unspecified atom stereocenters. The van der Waals surface area contributed by atoms with E-state index in [4.69, 9.17) is 5.73 Å². The first-order valence-electron chi connectivity index (χ1n) is 5.57. The van der Waals surface area contributed by atoms with Gasteiger partial charge in [-0.15, -0.1) is 0 Å². The van der Waals surface area contributed by atoms with Crippen LogP contribution in [0.4, 0.5) is 4.79 Å². The van der Waals surface area contributed by atoms with E-state index in [1.54, 1.807) is 0 Å². The lowest BCUT2D eigenvalue weighted by atomic mass is 9.96. The lowest BCUT2D eigenvalue weighted by molar-refractivity contribution is 0.232. The Morgan fingerprint density at radius 1 is 1.29 bits per heavy atom. The molecule has 0 bridgehead atoms. The zero-order valence-corrected chi connectivity index (χ0v) is 8.72. The van der Waals surface area contributed by atoms with Gasteiger partial charge in [-0.1, -0.05) is 19.3 Å². The SMILES string of the molecule is NCCCNC(=O)NC1CCCCC1. The fourth-order valence-electron chi connectivity index (χ4n) is 1.79. The molecule has 82 valence electrons. The molecular formula is C10H21N3O. The van der Waals surface area contributed by atoms with Crippen LogP contribution in [0.5, 0.6) is 0 Å². The van der Waals surface area contributed by atoms with Gasteiger partial charge in [-0.25, -0.2) is 4.79 Å². The molecule has 0 saturated heterocycles. The minimum Gasteiger partial charge on any atom is -0.338 e. The van der Waals surface area contributed by atoms with Gasteiger partial charge in [0, 0.05) is 12.6 Å². The second-order valence-electron chi connectivity index (χ2n) is 3.88. The minimum absolute atomic E-state index is 0.0367. The molecule has 4 N–H and O–H groups in total. The van der Waals surface area contributed by atoms with E-state index in [9.17, 15) is 4.79 Å². The molecule has 1 saturated carbocycles. The maximum atomic E-state index is 11.3. The quantitative estimate of drug-likeness (QED) is 0.590. The van der Waals surface area contributed by atoms with Crippen molar-refractivity contribution in [1.29, 1.82) is 0 Å². The summed E-state index contributed by atoms with van der Waals surface area (Å²) in [4.78, 5) is 11.3. The predicted octanol–water partition coefficient (Wildman–Crippen LogP) is 0.967. The Morgan fingerprint density at radius 2 is 2.00 bits per heavy atom. The van der Waals surface area contributed by atoms with Crippen LogP contribution >= 0.6 is 0 Å². The van der Waals surface area contributed by atoms with Gasteiger partial charge in [0.05, 0.1) is 0 Å². The Morgan fingerprint density at radius 3 is 2.64 bits per heavy atom. The van der Waals surface area contributed by atoms with Crippen LogP contribution < -0.4 is 16.4 Å². The number of nitrogens with two attached hydrogens (primary N) is 1. The summed E-state index contributed by atoms with van der Waals surface area (Å²) in [6.07, 6.45) is 6.90. The molecule has 1 aliphatic rings. The van der Waals surface area contributed by atoms with Gasteiger partial charge >= 0.3 is 6.03 Å². The molecule has 1 rings (SSSR count). The van der Waals surface area contributed by atoms with Gasteiger partial charge in [-0.2, -0.15) is 0 Å². The number of rotatable bonds is 4. The highest BCUT2D eigenvalue weighted by molar-refractivity contribution is 5.74. The summed E-state index contributed by atoms with van der Waals surface area (Å²) in [5.41, 5.74) is 5.33. The summed E-state index contributed by atoms with van der Waals surface area (Å²) in [5, 5.41) is 5.79. The van der Waals surface area contributed by atoms with Gasteiger partial charge in [-0.3, -0.25) is 0 Å². The van der Waals surface area contributed by atoms with E-state index < -0.39 is 0 Å². The number of hydrogen-bond donors (Lipinski definition) is 3. The highest BCUT2D eigenvalue weighted by Gasteiger charge is 2.14. The lowest BCUT2D eigenvalue weighted by Crippen LogP contribution is -2.43. The number of amides is 2. The second kappa shape index (κ2) is 6.65. The monoisotopic (exact) mass is 199 g/mol. The summed E-state index contributed by atoms with van der Waals surface area (Å²) in [7, 11) is 0. The molecule has 0 radical (unpaired) electrons. The Balaban J connectivity index is 2.06. The Labute approximate surface area is 85.6 Å². The molecule has 14 heavy (non-hydrogen) atoms. The first kappa shape index (κ1) is 11.3. The molecule has 4 heteroatoms. The first-order valence-corrected chi connectivity index (χ1v) is 5.57. The zero-order chi connectivity index (χ0) is 10.2. The van der Waals surface area contributed by atoms with Gasteiger partial charge in [0.15, 0.2) is 0 Å². The van der Waals surface area contributed by atoms with E-state index in [-0.39, 0.29) is 6.03 Å². The highest BCUT2D eigenvalue weighted by atomic mass is 16.2. The molecule has 1 aliphatic carbocycles. The number of urea groups is 1. The van der Waals surface area contributed by atoms with Crippen molar-refractivity contribution in [3.63, 3.8) is 0 Å². The fraction of sp³-hybridized carbons (Fsp3) is 0.900. The summed E-state index contributed by atoms with van der Waals surface area (Å²) in [6, 6.07) is 0.354. The maximum Gasteiger partial charge on any atom is 0.315 e. The molecule has 0 atom stereocenters. The second-order valence-corrected chi connectivity index (χ2v) is 3.88. The summed E-state index contributed by atoms with van der Waals surface area (Å²) < 4.78 is 0. The van der Waals surface area contributed by atoms with E-state index in [0.717, 1.165) is 19.3 Å². The largest absolute Gasteiger partial charge is 0.338 e. The first-order chi connectivity index (χ1) is 6.83. The molecule has 0 aromatic heterocycles. The third-order valence-corrected chi connectivity index (χ3v) is 2.61. The van der Waals surface area contributed by atoms with Crippen LogP contribution in [0.25, 0.3) is 0 Å². The molecule has 2 amide bonds. The molecule has 0 aliphatic heterocycles. The molecule has 1 fully saturated rings. The molecule has 0 spiro atoms. The average molecular weight is 199 g/mol. The maximum absolute atomic E-state index is 11.3. The van der Waals surface area contributed by atoms with E-state index in [1.807, 2.05) is 0 Å². The topological polar surface area (TPSA) is 67.1 Å². The molecule has 0 aromatic rings. The molecule has 0 aromatic carbocycles. The van der Waals surface area contributed by atoms with Crippen molar-refractivity contribution < 1.29 is 4.79 Å². The summed E-state index contributed by atoms with van der Waals surface area (Å²) in [6.45, 7) is 1.30. The predicted molar refractivity (Wildman–Crippen MR) is 57.1 cm³/mol. The van der Waals surface area contributed by atoms with Gasteiger partial charge < -0.3 is 16.4 Å². The third-order valence-electron chi connectivity index (χ3n) is 2.61. The van der Waals surface area contributed by atoms with Crippen molar-refractivity contribution in [1.82, 2.24) is 10.6 Å². The number of carbonyl (C=O) groups excluding carboxylic acids is 1. The Kier molecular flexibility index (Phi) is 5.37. The normalized spacial score (nSPS) is 17.8. The van der Waals surface area contributed by atoms with Crippen molar-refractivity contribution in [2.45, 2.75) is 44.6 Å². The molecular weight excluding hydrogens is 178 g/mol. The van der Waals surface area contributed by atoms with Crippen LogP contribution in [0.1, 0.15) is 38.5 Å². The number of carbonyl (C=O) groups is 1. The molecule has 4 nitrogen and oxygen atoms in total. The van der Waals surface area contributed by atoms with Crippen molar-refractivity contribution in [3.8, 4) is 0 Å². The van der Waals surface area contributed by atoms with Gasteiger partial charge in [0.25, 0.3) is 0 Å². The van der Waals surface area contributed by atoms with Gasteiger partial charge in [0.1, 0.15) is 0 Å². The Hall–Kier alpha value is -0.770. The van der Waals surface area contributed by atoms with Crippen LogP contribution in [0.3, 0.4) is 0 Å². The van der Waals surface area contributed by atoms with Crippen LogP contribution in [0.15, 0.2) is 0 Å². The van der Waals surface area contributed by atoms with Gasteiger partial charge in [0.2, 0.25) is 0 Å². The van der Waals surface area contributed by atoms with Crippen molar-refractivity contribution in [3.05, 3.63) is 0 Å². The van der Waals surface area contributed by atoms with Crippen LogP contribution in [0.2, 0.25) is 0 Å². The molecule has 0 heterocycles. The Bertz CT molecular complexity index is 167. The minimum atomic E-state index is -0.0367. The van der Waals surface area contributed by atoms with Crippen molar-refractivity contribution in [2.24, 2.45) is 5.73 Å². The third kappa shape index (κ3) is 4.46. The van der Waals surface area contributed by atoms with E-state index in [1.165, 1.54) is 19.3 Å². The van der Waals surface area contributed by atoms with Gasteiger partial charge in [-0.05, 0) is 25.8 Å². The van der Waals surface area contributed by atoms with Crippen molar-refractivity contribution in [2.75, 3.05) is 13.1 Å².